The number of hydrogen-bond acceptors (Lipinski definition) is 7. The fraction of sp³-hybridized carbons (Fsp3) is 0.286. The van der Waals surface area contributed by atoms with E-state index in [9.17, 15) is 14.0 Å². The maximum atomic E-state index is 14.8. The van der Waals surface area contributed by atoms with E-state index in [1.54, 1.807) is 31.3 Å². The Hall–Kier alpha value is -3.34. The normalized spacial score (nSPS) is 26.7. The molecular formula is C28H25FN4O3S2. The molecule has 3 aromatic rings. The lowest BCUT2D eigenvalue weighted by Gasteiger charge is -2.42. The zero-order chi connectivity index (χ0) is 26.8. The number of amides is 2. The van der Waals surface area contributed by atoms with Gasteiger partial charge in [0.15, 0.2) is 5.54 Å². The summed E-state index contributed by atoms with van der Waals surface area (Å²) < 4.78 is 19.0. The van der Waals surface area contributed by atoms with Gasteiger partial charge >= 0.3 is 0 Å². The number of halogens is 1. The number of benzene rings is 2. The molecule has 2 spiro atoms. The first-order chi connectivity index (χ1) is 18.3. The van der Waals surface area contributed by atoms with Gasteiger partial charge < -0.3 is 9.64 Å². The van der Waals surface area contributed by atoms with Crippen molar-refractivity contribution in [1.82, 2.24) is 14.8 Å². The van der Waals surface area contributed by atoms with E-state index in [1.165, 1.54) is 28.8 Å². The Bertz CT molecular complexity index is 1470. The first kappa shape index (κ1) is 25.0. The molecule has 0 radical (unpaired) electrons. The molecular weight excluding hydrogens is 523 g/mol. The molecule has 2 amide bonds. The fourth-order valence-corrected chi connectivity index (χ4v) is 8.37. The van der Waals surface area contributed by atoms with Crippen LogP contribution in [0.1, 0.15) is 22.7 Å². The molecule has 194 valence electrons. The van der Waals surface area contributed by atoms with Crippen molar-refractivity contribution >= 4 is 45.8 Å². The second kappa shape index (κ2) is 8.86. The van der Waals surface area contributed by atoms with Crippen molar-refractivity contribution in [1.29, 1.82) is 0 Å². The second-order valence-electron chi connectivity index (χ2n) is 9.77. The molecule has 3 aliphatic heterocycles. The fourth-order valence-electron chi connectivity index (χ4n) is 6.26. The second-order valence-corrected chi connectivity index (χ2v) is 11.6. The Balaban J connectivity index is 1.56. The monoisotopic (exact) mass is 548 g/mol. The molecule has 0 bridgehead atoms. The van der Waals surface area contributed by atoms with Crippen molar-refractivity contribution in [3.63, 3.8) is 0 Å². The van der Waals surface area contributed by atoms with Crippen molar-refractivity contribution in [2.24, 2.45) is 0 Å². The number of nitrogens with zero attached hydrogens (tertiary/aromatic N) is 4. The molecule has 0 saturated carbocycles. The van der Waals surface area contributed by atoms with Crippen molar-refractivity contribution in [3.05, 3.63) is 89.5 Å². The number of thiocarbonyl (C=S) groups is 1. The zero-order valence-electron chi connectivity index (χ0n) is 21.1. The van der Waals surface area contributed by atoms with Gasteiger partial charge in [-0.05, 0) is 55.1 Å². The number of methoxy groups -OCH3 is 1. The van der Waals surface area contributed by atoms with E-state index in [0.717, 1.165) is 5.56 Å². The van der Waals surface area contributed by atoms with Crippen LogP contribution < -0.4 is 9.64 Å². The molecule has 1 aromatic heterocycles. The van der Waals surface area contributed by atoms with Gasteiger partial charge in [-0.1, -0.05) is 42.2 Å². The highest BCUT2D eigenvalue weighted by atomic mass is 32.2. The Morgan fingerprint density at radius 2 is 1.87 bits per heavy atom. The van der Waals surface area contributed by atoms with Crippen molar-refractivity contribution in [3.8, 4) is 5.75 Å². The minimum absolute atomic E-state index is 0.241. The van der Waals surface area contributed by atoms with Crippen LogP contribution in [0.3, 0.4) is 0 Å². The summed E-state index contributed by atoms with van der Waals surface area (Å²) in [5, 5.41) is 0. The molecule has 10 heteroatoms. The first-order valence-electron chi connectivity index (χ1n) is 12.1. The molecule has 6 rings (SSSR count). The molecule has 2 fully saturated rings. The Morgan fingerprint density at radius 1 is 1.11 bits per heavy atom. The third-order valence-electron chi connectivity index (χ3n) is 7.96. The van der Waals surface area contributed by atoms with E-state index in [2.05, 4.69) is 4.98 Å². The van der Waals surface area contributed by atoms with Crippen LogP contribution in [-0.4, -0.2) is 63.4 Å². The SMILES string of the molecule is COc1ccc(CN2C(=O)C3(SC2=S)C(c2ccccn2)CN(C)C32C(=O)N(C)c3ccc(F)cc32)cc1. The van der Waals surface area contributed by atoms with Crippen molar-refractivity contribution in [2.45, 2.75) is 22.7 Å². The number of likely N-dealkylation sites (N-methyl/N-ethyl adjacent to an activating group) is 2. The number of hydrogen-bond donors (Lipinski definition) is 0. The van der Waals surface area contributed by atoms with Gasteiger partial charge in [-0.3, -0.25) is 24.4 Å². The number of rotatable bonds is 4. The third kappa shape index (κ3) is 3.17. The highest BCUT2D eigenvalue weighted by Gasteiger charge is 2.78. The molecule has 2 saturated heterocycles. The molecule has 3 aliphatic rings. The Morgan fingerprint density at radius 3 is 2.55 bits per heavy atom. The van der Waals surface area contributed by atoms with Crippen LogP contribution in [0.15, 0.2) is 66.9 Å². The maximum absolute atomic E-state index is 14.8. The van der Waals surface area contributed by atoms with Crippen molar-refractivity contribution in [2.75, 3.05) is 32.6 Å². The van der Waals surface area contributed by atoms with Crippen LogP contribution in [0.5, 0.6) is 5.75 Å². The van der Waals surface area contributed by atoms with Gasteiger partial charge in [0.05, 0.1) is 13.7 Å². The molecule has 3 atom stereocenters. The van der Waals surface area contributed by atoms with Crippen LogP contribution in [0.2, 0.25) is 0 Å². The summed E-state index contributed by atoms with van der Waals surface area (Å²) in [4.78, 5) is 38.7. The van der Waals surface area contributed by atoms with Crippen LogP contribution >= 0.6 is 24.0 Å². The molecule has 3 unspecified atom stereocenters. The highest BCUT2D eigenvalue weighted by Crippen LogP contribution is 2.66. The minimum atomic E-state index is -1.47. The number of fused-ring (bicyclic) bond motifs is 3. The standard InChI is InChI=1S/C28H25FN4O3S2/c1-31-16-21(22-6-4-5-13-30-22)28(27(31)20-14-18(29)9-12-23(20)32(2)24(27)34)25(35)33(26(37)38-28)15-17-7-10-19(36-3)11-8-17/h4-14,21H,15-16H2,1-3H3. The summed E-state index contributed by atoms with van der Waals surface area (Å²) in [6.07, 6.45) is 1.68. The summed E-state index contributed by atoms with van der Waals surface area (Å²) in [7, 11) is 5.08. The largest absolute Gasteiger partial charge is 0.497 e. The predicted molar refractivity (Wildman–Crippen MR) is 148 cm³/mol. The zero-order valence-corrected chi connectivity index (χ0v) is 22.7. The number of anilines is 1. The number of aromatic nitrogens is 1. The lowest BCUT2D eigenvalue weighted by atomic mass is 9.72. The lowest BCUT2D eigenvalue weighted by molar-refractivity contribution is -0.139. The summed E-state index contributed by atoms with van der Waals surface area (Å²) >= 11 is 7.06. The molecule has 4 heterocycles. The Labute approximate surface area is 229 Å². The van der Waals surface area contributed by atoms with E-state index in [0.29, 0.717) is 33.6 Å². The number of likely N-dealkylation sites (tertiary alicyclic amines) is 1. The van der Waals surface area contributed by atoms with Gasteiger partial charge in [0.1, 0.15) is 20.6 Å². The van der Waals surface area contributed by atoms with Gasteiger partial charge in [-0.2, -0.15) is 0 Å². The average Bonchev–Trinajstić information content (AvgIpc) is 3.43. The van der Waals surface area contributed by atoms with Gasteiger partial charge in [0.25, 0.3) is 5.91 Å². The minimum Gasteiger partial charge on any atom is -0.497 e. The van der Waals surface area contributed by atoms with Gasteiger partial charge in [-0.15, -0.1) is 0 Å². The van der Waals surface area contributed by atoms with E-state index in [1.807, 2.05) is 54.4 Å². The lowest BCUT2D eigenvalue weighted by Crippen LogP contribution is -2.62. The molecule has 0 aliphatic carbocycles. The first-order valence-corrected chi connectivity index (χ1v) is 13.4. The number of ether oxygens (including phenoxy) is 1. The highest BCUT2D eigenvalue weighted by molar-refractivity contribution is 8.25. The Kier molecular flexibility index (Phi) is 5.82. The van der Waals surface area contributed by atoms with E-state index in [4.69, 9.17) is 17.0 Å². The van der Waals surface area contributed by atoms with E-state index >= 15 is 0 Å². The smallest absolute Gasteiger partial charge is 0.254 e. The van der Waals surface area contributed by atoms with Gasteiger partial charge in [0.2, 0.25) is 5.91 Å². The topological polar surface area (TPSA) is 66.0 Å². The van der Waals surface area contributed by atoms with Crippen molar-refractivity contribution < 1.29 is 18.7 Å². The van der Waals surface area contributed by atoms with Crippen LogP contribution in [0.25, 0.3) is 0 Å². The predicted octanol–water partition coefficient (Wildman–Crippen LogP) is 3.93. The number of carbonyl (C=O) groups excluding carboxylic acids is 2. The van der Waals surface area contributed by atoms with Crippen LogP contribution in [0.4, 0.5) is 10.1 Å². The maximum Gasteiger partial charge on any atom is 0.254 e. The summed E-state index contributed by atoms with van der Waals surface area (Å²) in [5.41, 5.74) is 1.14. The van der Waals surface area contributed by atoms with E-state index in [-0.39, 0.29) is 18.4 Å². The number of carbonyl (C=O) groups is 2. The van der Waals surface area contributed by atoms with Gasteiger partial charge in [-0.25, -0.2) is 4.39 Å². The summed E-state index contributed by atoms with van der Waals surface area (Å²) in [5.74, 6) is -0.795. The summed E-state index contributed by atoms with van der Waals surface area (Å²) in [6, 6.07) is 17.3. The molecule has 0 N–H and O–H groups in total. The van der Waals surface area contributed by atoms with E-state index < -0.39 is 22.0 Å². The number of pyridine rings is 1. The quantitative estimate of drug-likeness (QED) is 0.458. The van der Waals surface area contributed by atoms with Crippen LogP contribution in [0, 0.1) is 5.82 Å². The molecule has 2 aromatic carbocycles. The summed E-state index contributed by atoms with van der Waals surface area (Å²) in [6.45, 7) is 0.607. The van der Waals surface area contributed by atoms with Gasteiger partial charge in [0, 0.05) is 42.7 Å². The molecule has 38 heavy (non-hydrogen) atoms. The van der Waals surface area contributed by atoms with Crippen LogP contribution in [-0.2, 0) is 21.7 Å². The number of thioether (sulfide) groups is 1. The average molecular weight is 549 g/mol. The molecule has 7 nitrogen and oxygen atoms in total. The third-order valence-corrected chi connectivity index (χ3v) is 9.90.